The third kappa shape index (κ3) is 4.39. The number of carbonyl (C=O) groups excluding carboxylic acids is 2. The van der Waals surface area contributed by atoms with Crippen molar-refractivity contribution in [1.82, 2.24) is 10.2 Å². The van der Waals surface area contributed by atoms with Crippen molar-refractivity contribution in [1.29, 1.82) is 0 Å². The normalized spacial score (nSPS) is 11.7. The summed E-state index contributed by atoms with van der Waals surface area (Å²) in [7, 11) is 0. The van der Waals surface area contributed by atoms with Crippen molar-refractivity contribution in [2.24, 2.45) is 0 Å². The van der Waals surface area contributed by atoms with E-state index in [0.717, 1.165) is 5.56 Å². The van der Waals surface area contributed by atoms with Crippen LogP contribution in [0, 0.1) is 6.92 Å². The molecule has 0 aliphatic heterocycles. The van der Waals surface area contributed by atoms with Crippen LogP contribution in [0.5, 0.6) is 0 Å². The predicted molar refractivity (Wildman–Crippen MR) is 75.8 cm³/mol. The summed E-state index contributed by atoms with van der Waals surface area (Å²) in [5, 5.41) is 2.62. The maximum absolute atomic E-state index is 12.3. The van der Waals surface area contributed by atoms with Crippen LogP contribution < -0.4 is 5.32 Å². The fourth-order valence-corrected chi connectivity index (χ4v) is 2.02. The lowest BCUT2D eigenvalue weighted by Crippen LogP contribution is -2.47. The molecule has 4 nitrogen and oxygen atoms in total. The first kappa shape index (κ1) is 15.2. The van der Waals surface area contributed by atoms with E-state index in [2.05, 4.69) is 5.32 Å². The number of hydrogen-bond acceptors (Lipinski definition) is 2. The van der Waals surface area contributed by atoms with Gasteiger partial charge in [0.2, 0.25) is 12.3 Å². The Morgan fingerprint density at radius 1 is 1.26 bits per heavy atom. The predicted octanol–water partition coefficient (Wildman–Crippen LogP) is 1.52. The van der Waals surface area contributed by atoms with Gasteiger partial charge in [-0.05, 0) is 26.3 Å². The molecule has 0 aliphatic rings. The van der Waals surface area contributed by atoms with Gasteiger partial charge in [-0.25, -0.2) is 0 Å². The zero-order chi connectivity index (χ0) is 14.3. The van der Waals surface area contributed by atoms with E-state index in [1.807, 2.05) is 45.0 Å². The van der Waals surface area contributed by atoms with Crippen LogP contribution >= 0.6 is 0 Å². The summed E-state index contributed by atoms with van der Waals surface area (Å²) in [6.07, 6.45) is 1.12. The average Bonchev–Trinajstić information content (AvgIpc) is 2.42. The summed E-state index contributed by atoms with van der Waals surface area (Å²) in [5.41, 5.74) is 2.23. The molecule has 0 saturated heterocycles. The lowest BCUT2D eigenvalue weighted by molar-refractivity contribution is -0.134. The van der Waals surface area contributed by atoms with Gasteiger partial charge in [0.05, 0.1) is 0 Å². The van der Waals surface area contributed by atoms with Gasteiger partial charge in [-0.1, -0.05) is 29.8 Å². The van der Waals surface area contributed by atoms with Crippen LogP contribution in [0.1, 0.15) is 25.0 Å². The highest BCUT2D eigenvalue weighted by atomic mass is 16.2. The molecule has 104 valence electrons. The van der Waals surface area contributed by atoms with Gasteiger partial charge >= 0.3 is 0 Å². The van der Waals surface area contributed by atoms with Crippen molar-refractivity contribution in [2.45, 2.75) is 33.2 Å². The minimum absolute atomic E-state index is 0.0299. The van der Waals surface area contributed by atoms with E-state index in [0.29, 0.717) is 25.9 Å². The highest BCUT2D eigenvalue weighted by Gasteiger charge is 2.22. The molecule has 0 aliphatic carbocycles. The third-order valence-electron chi connectivity index (χ3n) is 3.20. The Morgan fingerprint density at radius 3 is 2.32 bits per heavy atom. The lowest BCUT2D eigenvalue weighted by Gasteiger charge is -2.24. The number of carbonyl (C=O) groups is 2. The molecule has 4 heteroatoms. The molecule has 1 aromatic rings. The Kier molecular flexibility index (Phi) is 6.06. The van der Waals surface area contributed by atoms with Gasteiger partial charge in [0.1, 0.15) is 6.04 Å². The van der Waals surface area contributed by atoms with Crippen LogP contribution in [0.3, 0.4) is 0 Å². The fraction of sp³-hybridized carbons (Fsp3) is 0.467. The first-order valence-electron chi connectivity index (χ1n) is 6.66. The van der Waals surface area contributed by atoms with Gasteiger partial charge in [0.15, 0.2) is 0 Å². The van der Waals surface area contributed by atoms with Crippen molar-refractivity contribution in [3.63, 3.8) is 0 Å². The zero-order valence-corrected chi connectivity index (χ0v) is 11.8. The summed E-state index contributed by atoms with van der Waals surface area (Å²) in [4.78, 5) is 24.7. The monoisotopic (exact) mass is 262 g/mol. The summed E-state index contributed by atoms with van der Waals surface area (Å²) in [6, 6.07) is 7.51. The Morgan fingerprint density at radius 2 is 1.84 bits per heavy atom. The standard InChI is InChI=1S/C15H22N2O2/c1-4-17(5-2)15(19)14(16-11-18)10-13-8-6-12(3)7-9-13/h6-9,11,14H,4-5,10H2,1-3H3,(H,16,18). The molecule has 19 heavy (non-hydrogen) atoms. The van der Waals surface area contributed by atoms with Crippen LogP contribution in [0.25, 0.3) is 0 Å². The van der Waals surface area contributed by atoms with Crippen molar-refractivity contribution in [3.05, 3.63) is 35.4 Å². The molecular formula is C15H22N2O2. The van der Waals surface area contributed by atoms with Gasteiger partial charge in [-0.2, -0.15) is 0 Å². The van der Waals surface area contributed by atoms with Crippen LogP contribution in [0.2, 0.25) is 0 Å². The number of rotatable bonds is 7. The van der Waals surface area contributed by atoms with Crippen molar-refractivity contribution >= 4 is 12.3 Å². The van der Waals surface area contributed by atoms with Crippen LogP contribution in [-0.2, 0) is 16.0 Å². The minimum atomic E-state index is -0.486. The molecule has 0 heterocycles. The van der Waals surface area contributed by atoms with Crippen molar-refractivity contribution < 1.29 is 9.59 Å². The Hall–Kier alpha value is -1.84. The van der Waals surface area contributed by atoms with Crippen LogP contribution in [0.4, 0.5) is 0 Å². The molecule has 2 amide bonds. The number of hydrogen-bond donors (Lipinski definition) is 1. The first-order chi connectivity index (χ1) is 9.12. The summed E-state index contributed by atoms with van der Waals surface area (Å²) < 4.78 is 0. The van der Waals surface area contributed by atoms with E-state index in [9.17, 15) is 9.59 Å². The summed E-state index contributed by atoms with van der Waals surface area (Å²) in [6.45, 7) is 7.20. The molecule has 0 spiro atoms. The number of amides is 2. The molecule has 0 aromatic heterocycles. The molecule has 1 rings (SSSR count). The average molecular weight is 262 g/mol. The second kappa shape index (κ2) is 7.56. The van der Waals surface area contributed by atoms with Crippen molar-refractivity contribution in [2.75, 3.05) is 13.1 Å². The van der Waals surface area contributed by atoms with Gasteiger partial charge in [-0.3, -0.25) is 9.59 Å². The maximum atomic E-state index is 12.3. The SMILES string of the molecule is CCN(CC)C(=O)C(Cc1ccc(C)cc1)NC=O. The van der Waals surface area contributed by atoms with Crippen LogP contribution in [-0.4, -0.2) is 36.3 Å². The van der Waals surface area contributed by atoms with Gasteiger partial charge in [0.25, 0.3) is 0 Å². The second-order valence-corrected chi connectivity index (χ2v) is 4.54. The number of likely N-dealkylation sites (N-methyl/N-ethyl adjacent to an activating group) is 1. The molecule has 0 radical (unpaired) electrons. The van der Waals surface area contributed by atoms with E-state index < -0.39 is 6.04 Å². The van der Waals surface area contributed by atoms with Gasteiger partial charge in [0, 0.05) is 19.5 Å². The zero-order valence-electron chi connectivity index (χ0n) is 11.8. The van der Waals surface area contributed by atoms with E-state index in [-0.39, 0.29) is 5.91 Å². The molecule has 1 aromatic carbocycles. The van der Waals surface area contributed by atoms with Gasteiger partial charge in [-0.15, -0.1) is 0 Å². The number of benzene rings is 1. The lowest BCUT2D eigenvalue weighted by atomic mass is 10.0. The molecular weight excluding hydrogens is 240 g/mol. The molecule has 0 bridgehead atoms. The maximum Gasteiger partial charge on any atom is 0.245 e. The fourth-order valence-electron chi connectivity index (χ4n) is 2.02. The smallest absolute Gasteiger partial charge is 0.245 e. The molecule has 1 N–H and O–H groups in total. The highest BCUT2D eigenvalue weighted by Crippen LogP contribution is 2.08. The quantitative estimate of drug-likeness (QED) is 0.757. The Bertz CT molecular complexity index is 411. The summed E-state index contributed by atoms with van der Waals surface area (Å²) in [5.74, 6) is -0.0299. The van der Waals surface area contributed by atoms with Crippen molar-refractivity contribution in [3.8, 4) is 0 Å². The number of nitrogens with zero attached hydrogens (tertiary/aromatic N) is 1. The minimum Gasteiger partial charge on any atom is -0.347 e. The first-order valence-corrected chi connectivity index (χ1v) is 6.66. The largest absolute Gasteiger partial charge is 0.347 e. The van der Waals surface area contributed by atoms with E-state index >= 15 is 0 Å². The number of nitrogens with one attached hydrogen (secondary N) is 1. The summed E-state index contributed by atoms with van der Waals surface area (Å²) >= 11 is 0. The highest BCUT2D eigenvalue weighted by molar-refractivity contribution is 5.84. The Labute approximate surface area is 114 Å². The number of aryl methyl sites for hydroxylation is 1. The topological polar surface area (TPSA) is 49.4 Å². The molecule has 1 atom stereocenters. The Balaban J connectivity index is 2.79. The third-order valence-corrected chi connectivity index (χ3v) is 3.20. The second-order valence-electron chi connectivity index (χ2n) is 4.54. The van der Waals surface area contributed by atoms with Gasteiger partial charge < -0.3 is 10.2 Å². The molecule has 1 unspecified atom stereocenters. The van der Waals surface area contributed by atoms with Crippen LogP contribution in [0.15, 0.2) is 24.3 Å². The van der Waals surface area contributed by atoms with E-state index in [1.54, 1.807) is 4.90 Å². The van der Waals surface area contributed by atoms with E-state index in [4.69, 9.17) is 0 Å². The molecule has 0 fully saturated rings. The van der Waals surface area contributed by atoms with E-state index in [1.165, 1.54) is 5.56 Å². The molecule has 0 saturated carbocycles.